The zero-order valence-electron chi connectivity index (χ0n) is 15.6. The third-order valence-electron chi connectivity index (χ3n) is 4.77. The first kappa shape index (κ1) is 18.9. The van der Waals surface area contributed by atoms with Crippen molar-refractivity contribution in [1.29, 1.82) is 0 Å². The molecular formula is C21H26N4O2. The van der Waals surface area contributed by atoms with Gasteiger partial charge in [0.2, 0.25) is 0 Å². The van der Waals surface area contributed by atoms with Crippen LogP contribution >= 0.6 is 0 Å². The Morgan fingerprint density at radius 2 is 1.63 bits per heavy atom. The van der Waals surface area contributed by atoms with Gasteiger partial charge in [-0.2, -0.15) is 0 Å². The maximum Gasteiger partial charge on any atom is 0.317 e. The fourth-order valence-corrected chi connectivity index (χ4v) is 3.21. The third kappa shape index (κ3) is 5.31. The highest BCUT2D eigenvalue weighted by atomic mass is 16.2. The SMILES string of the molecule is CNC(=O)c1cccc(CNC(=O)N2CCN(Cc3ccccc3)CC2)c1. The Labute approximate surface area is 160 Å². The van der Waals surface area contributed by atoms with Gasteiger partial charge in [0.1, 0.15) is 0 Å². The minimum Gasteiger partial charge on any atom is -0.355 e. The number of hydrogen-bond acceptors (Lipinski definition) is 3. The first-order chi connectivity index (χ1) is 13.2. The van der Waals surface area contributed by atoms with Crippen molar-refractivity contribution in [2.24, 2.45) is 0 Å². The van der Waals surface area contributed by atoms with Crippen molar-refractivity contribution in [3.63, 3.8) is 0 Å². The van der Waals surface area contributed by atoms with Crippen LogP contribution in [-0.2, 0) is 13.1 Å². The smallest absolute Gasteiger partial charge is 0.317 e. The Balaban J connectivity index is 1.45. The lowest BCUT2D eigenvalue weighted by molar-refractivity contribution is 0.0963. The van der Waals surface area contributed by atoms with E-state index in [-0.39, 0.29) is 11.9 Å². The second-order valence-electron chi connectivity index (χ2n) is 6.69. The highest BCUT2D eigenvalue weighted by Gasteiger charge is 2.20. The molecule has 3 amide bonds. The van der Waals surface area contributed by atoms with Gasteiger partial charge in [0.25, 0.3) is 5.91 Å². The molecule has 142 valence electrons. The molecule has 6 nitrogen and oxygen atoms in total. The van der Waals surface area contributed by atoms with Crippen molar-refractivity contribution in [2.75, 3.05) is 33.2 Å². The molecule has 1 aliphatic rings. The first-order valence-corrected chi connectivity index (χ1v) is 9.26. The molecule has 2 aromatic carbocycles. The lowest BCUT2D eigenvalue weighted by atomic mass is 10.1. The molecule has 1 saturated heterocycles. The van der Waals surface area contributed by atoms with E-state index >= 15 is 0 Å². The topological polar surface area (TPSA) is 64.7 Å². The van der Waals surface area contributed by atoms with E-state index < -0.39 is 0 Å². The van der Waals surface area contributed by atoms with Crippen molar-refractivity contribution in [3.05, 3.63) is 71.3 Å². The van der Waals surface area contributed by atoms with Gasteiger partial charge < -0.3 is 15.5 Å². The van der Waals surface area contributed by atoms with Gasteiger partial charge in [-0.25, -0.2) is 4.79 Å². The molecule has 0 aliphatic carbocycles. The largest absolute Gasteiger partial charge is 0.355 e. The number of hydrogen-bond donors (Lipinski definition) is 2. The van der Waals surface area contributed by atoms with E-state index in [9.17, 15) is 9.59 Å². The summed E-state index contributed by atoms with van der Waals surface area (Å²) < 4.78 is 0. The number of benzene rings is 2. The number of carbonyl (C=O) groups excluding carboxylic acids is 2. The Morgan fingerprint density at radius 1 is 0.926 bits per heavy atom. The summed E-state index contributed by atoms with van der Waals surface area (Å²) in [6.07, 6.45) is 0. The Morgan fingerprint density at radius 3 is 2.33 bits per heavy atom. The van der Waals surface area contributed by atoms with Crippen LogP contribution in [0.15, 0.2) is 54.6 Å². The van der Waals surface area contributed by atoms with E-state index in [1.165, 1.54) is 5.56 Å². The summed E-state index contributed by atoms with van der Waals surface area (Å²) >= 11 is 0. The number of carbonyl (C=O) groups is 2. The van der Waals surface area contributed by atoms with Crippen LogP contribution in [-0.4, -0.2) is 55.0 Å². The van der Waals surface area contributed by atoms with Crippen molar-refractivity contribution < 1.29 is 9.59 Å². The summed E-state index contributed by atoms with van der Waals surface area (Å²) in [6, 6.07) is 17.6. The fourth-order valence-electron chi connectivity index (χ4n) is 3.21. The standard InChI is InChI=1S/C21H26N4O2/c1-22-20(26)19-9-5-8-18(14-19)15-23-21(27)25-12-10-24(11-13-25)16-17-6-3-2-4-7-17/h2-9,14H,10-13,15-16H2,1H3,(H,22,26)(H,23,27). The number of nitrogens with one attached hydrogen (secondary N) is 2. The molecule has 2 N–H and O–H groups in total. The van der Waals surface area contributed by atoms with E-state index in [0.717, 1.165) is 38.3 Å². The number of urea groups is 1. The van der Waals surface area contributed by atoms with Crippen molar-refractivity contribution >= 4 is 11.9 Å². The number of amides is 3. The minimum atomic E-state index is -0.127. The molecule has 0 bridgehead atoms. The average molecular weight is 366 g/mol. The Hall–Kier alpha value is -2.86. The zero-order chi connectivity index (χ0) is 19.1. The van der Waals surface area contributed by atoms with Crippen LogP contribution < -0.4 is 10.6 Å². The highest BCUT2D eigenvalue weighted by molar-refractivity contribution is 5.94. The van der Waals surface area contributed by atoms with Gasteiger partial charge in [-0.15, -0.1) is 0 Å². The molecule has 3 rings (SSSR count). The molecule has 1 fully saturated rings. The normalized spacial score (nSPS) is 14.6. The van der Waals surface area contributed by atoms with E-state index in [2.05, 4.69) is 39.8 Å². The number of rotatable bonds is 5. The summed E-state index contributed by atoms with van der Waals surface area (Å²) in [4.78, 5) is 28.3. The predicted molar refractivity (Wildman–Crippen MR) is 105 cm³/mol. The maximum absolute atomic E-state index is 12.4. The summed E-state index contributed by atoms with van der Waals surface area (Å²) in [5.41, 5.74) is 2.80. The summed E-state index contributed by atoms with van der Waals surface area (Å²) in [5.74, 6) is -0.127. The Bertz CT molecular complexity index is 771. The van der Waals surface area contributed by atoms with Crippen LogP contribution in [0.5, 0.6) is 0 Å². The van der Waals surface area contributed by atoms with E-state index in [0.29, 0.717) is 12.1 Å². The predicted octanol–water partition coefficient (Wildman–Crippen LogP) is 2.07. The lowest BCUT2D eigenvalue weighted by Crippen LogP contribution is -2.51. The van der Waals surface area contributed by atoms with Crippen LogP contribution in [0.2, 0.25) is 0 Å². The van der Waals surface area contributed by atoms with Crippen molar-refractivity contribution in [3.8, 4) is 0 Å². The van der Waals surface area contributed by atoms with Crippen LogP contribution in [0.4, 0.5) is 4.79 Å². The van der Waals surface area contributed by atoms with Crippen molar-refractivity contribution in [1.82, 2.24) is 20.4 Å². The van der Waals surface area contributed by atoms with Crippen LogP contribution in [0.1, 0.15) is 21.5 Å². The quantitative estimate of drug-likeness (QED) is 0.852. The van der Waals surface area contributed by atoms with Crippen molar-refractivity contribution in [2.45, 2.75) is 13.1 Å². The lowest BCUT2D eigenvalue weighted by Gasteiger charge is -2.34. The van der Waals surface area contributed by atoms with Gasteiger partial charge in [0, 0.05) is 51.9 Å². The Kier molecular flexibility index (Phi) is 6.44. The molecular weight excluding hydrogens is 340 g/mol. The van der Waals surface area contributed by atoms with E-state index in [1.807, 2.05) is 23.1 Å². The highest BCUT2D eigenvalue weighted by Crippen LogP contribution is 2.09. The summed E-state index contributed by atoms with van der Waals surface area (Å²) in [6.45, 7) is 4.51. The molecule has 0 atom stereocenters. The van der Waals surface area contributed by atoms with Gasteiger partial charge in [0.15, 0.2) is 0 Å². The molecule has 1 heterocycles. The monoisotopic (exact) mass is 366 g/mol. The van der Waals surface area contributed by atoms with Crippen LogP contribution in [0, 0.1) is 0 Å². The molecule has 0 radical (unpaired) electrons. The number of piperazine rings is 1. The molecule has 6 heteroatoms. The van der Waals surface area contributed by atoms with Gasteiger partial charge in [-0.1, -0.05) is 42.5 Å². The molecule has 0 unspecified atom stereocenters. The molecule has 1 aliphatic heterocycles. The minimum absolute atomic E-state index is 0.0558. The molecule has 27 heavy (non-hydrogen) atoms. The summed E-state index contributed by atoms with van der Waals surface area (Å²) in [5, 5.41) is 5.56. The molecule has 2 aromatic rings. The maximum atomic E-state index is 12.4. The second-order valence-corrected chi connectivity index (χ2v) is 6.69. The van der Waals surface area contributed by atoms with E-state index in [1.54, 1.807) is 19.2 Å². The van der Waals surface area contributed by atoms with Gasteiger partial charge >= 0.3 is 6.03 Å². The zero-order valence-corrected chi connectivity index (χ0v) is 15.6. The van der Waals surface area contributed by atoms with Gasteiger partial charge in [-0.05, 0) is 23.3 Å². The van der Waals surface area contributed by atoms with E-state index in [4.69, 9.17) is 0 Å². The van der Waals surface area contributed by atoms with Crippen LogP contribution in [0.25, 0.3) is 0 Å². The van der Waals surface area contributed by atoms with Gasteiger partial charge in [-0.3, -0.25) is 9.69 Å². The average Bonchev–Trinajstić information content (AvgIpc) is 2.73. The fraction of sp³-hybridized carbons (Fsp3) is 0.333. The summed E-state index contributed by atoms with van der Waals surface area (Å²) in [7, 11) is 1.61. The van der Waals surface area contributed by atoms with Crippen LogP contribution in [0.3, 0.4) is 0 Å². The molecule has 0 spiro atoms. The second kappa shape index (κ2) is 9.19. The first-order valence-electron chi connectivity index (χ1n) is 9.26. The molecule has 0 saturated carbocycles. The molecule has 0 aromatic heterocycles. The number of nitrogens with zero attached hydrogens (tertiary/aromatic N) is 2. The van der Waals surface area contributed by atoms with Gasteiger partial charge in [0.05, 0.1) is 0 Å². The third-order valence-corrected chi connectivity index (χ3v) is 4.77.